The third kappa shape index (κ3) is 4.91. The predicted octanol–water partition coefficient (Wildman–Crippen LogP) is 5.15. The van der Waals surface area contributed by atoms with Gasteiger partial charge in [-0.25, -0.2) is 4.98 Å². The average molecular weight is 416 g/mol. The summed E-state index contributed by atoms with van der Waals surface area (Å²) in [4.78, 5) is 23.1. The number of nitrogens with zero attached hydrogens (tertiary/aromatic N) is 3. The lowest BCUT2D eigenvalue weighted by atomic mass is 10.2. The Hall–Kier alpha value is -2.83. The van der Waals surface area contributed by atoms with Gasteiger partial charge in [0.25, 0.3) is 5.91 Å². The second-order valence-corrected chi connectivity index (χ2v) is 7.19. The van der Waals surface area contributed by atoms with Crippen LogP contribution in [0.2, 0.25) is 10.0 Å². The molecule has 1 aromatic heterocycles. The fraction of sp³-hybridized carbons (Fsp3) is 0.150. The number of amides is 1. The molecule has 0 atom stereocenters. The standard InChI is InChI=1S/C20H19Cl2N5O/c1-12-10-18(27(2)3)26-20(23-12)25-15-7-5-14(6-8-15)24-19(28)13-4-9-16(21)17(22)11-13/h4-11H,1-3H3,(H,24,28)(H,23,25,26). The fourth-order valence-corrected chi connectivity index (χ4v) is 2.74. The first-order chi connectivity index (χ1) is 13.3. The lowest BCUT2D eigenvalue weighted by molar-refractivity contribution is 0.102. The van der Waals surface area contributed by atoms with E-state index in [2.05, 4.69) is 20.6 Å². The number of anilines is 4. The second kappa shape index (κ2) is 8.46. The van der Waals surface area contributed by atoms with Gasteiger partial charge in [-0.1, -0.05) is 23.2 Å². The third-order valence-corrected chi connectivity index (χ3v) is 4.62. The van der Waals surface area contributed by atoms with Crippen molar-refractivity contribution in [3.8, 4) is 0 Å². The monoisotopic (exact) mass is 415 g/mol. The normalized spacial score (nSPS) is 10.5. The van der Waals surface area contributed by atoms with E-state index in [1.165, 1.54) is 6.07 Å². The molecular formula is C20H19Cl2N5O. The molecule has 1 amide bonds. The van der Waals surface area contributed by atoms with Crippen molar-refractivity contribution in [2.24, 2.45) is 0 Å². The molecule has 28 heavy (non-hydrogen) atoms. The first-order valence-corrected chi connectivity index (χ1v) is 9.24. The molecule has 0 aliphatic carbocycles. The number of rotatable bonds is 5. The van der Waals surface area contributed by atoms with Crippen molar-refractivity contribution in [3.05, 3.63) is 69.8 Å². The highest BCUT2D eigenvalue weighted by atomic mass is 35.5. The van der Waals surface area contributed by atoms with E-state index in [1.807, 2.05) is 44.1 Å². The molecule has 0 aliphatic rings. The van der Waals surface area contributed by atoms with Crippen LogP contribution in [-0.2, 0) is 0 Å². The Morgan fingerprint density at radius 1 is 0.929 bits per heavy atom. The van der Waals surface area contributed by atoms with E-state index in [0.29, 0.717) is 27.2 Å². The van der Waals surface area contributed by atoms with Gasteiger partial charge >= 0.3 is 0 Å². The molecule has 0 radical (unpaired) electrons. The topological polar surface area (TPSA) is 70.2 Å². The van der Waals surface area contributed by atoms with Crippen LogP contribution in [-0.4, -0.2) is 30.0 Å². The highest BCUT2D eigenvalue weighted by Crippen LogP contribution is 2.24. The van der Waals surface area contributed by atoms with Crippen LogP contribution in [0.15, 0.2) is 48.5 Å². The van der Waals surface area contributed by atoms with E-state index in [1.54, 1.807) is 24.3 Å². The van der Waals surface area contributed by atoms with Crippen molar-refractivity contribution in [2.75, 3.05) is 29.6 Å². The molecule has 0 fully saturated rings. The quantitative estimate of drug-likeness (QED) is 0.602. The summed E-state index contributed by atoms with van der Waals surface area (Å²) in [6.45, 7) is 1.92. The Morgan fingerprint density at radius 2 is 1.61 bits per heavy atom. The molecule has 3 aromatic rings. The minimum atomic E-state index is -0.267. The van der Waals surface area contributed by atoms with Gasteiger partial charge < -0.3 is 15.5 Å². The van der Waals surface area contributed by atoms with Gasteiger partial charge in [-0.15, -0.1) is 0 Å². The van der Waals surface area contributed by atoms with Crippen molar-refractivity contribution in [1.82, 2.24) is 9.97 Å². The number of halogens is 2. The largest absolute Gasteiger partial charge is 0.363 e. The predicted molar refractivity (Wildman–Crippen MR) is 115 cm³/mol. The molecule has 0 bridgehead atoms. The van der Waals surface area contributed by atoms with E-state index in [9.17, 15) is 4.79 Å². The van der Waals surface area contributed by atoms with Gasteiger partial charge in [-0.3, -0.25) is 4.79 Å². The number of carbonyl (C=O) groups is 1. The number of hydrogen-bond donors (Lipinski definition) is 2. The molecule has 0 saturated heterocycles. The summed E-state index contributed by atoms with van der Waals surface area (Å²) < 4.78 is 0. The van der Waals surface area contributed by atoms with Gasteiger partial charge in [0.05, 0.1) is 10.0 Å². The minimum Gasteiger partial charge on any atom is -0.363 e. The van der Waals surface area contributed by atoms with Gasteiger partial charge in [0.2, 0.25) is 5.95 Å². The number of aromatic nitrogens is 2. The molecule has 0 spiro atoms. The van der Waals surface area contributed by atoms with Crippen LogP contribution >= 0.6 is 23.2 Å². The van der Waals surface area contributed by atoms with E-state index >= 15 is 0 Å². The van der Waals surface area contributed by atoms with Crippen LogP contribution in [0.4, 0.5) is 23.1 Å². The summed E-state index contributed by atoms with van der Waals surface area (Å²) in [5, 5.41) is 6.74. The van der Waals surface area contributed by atoms with Crippen molar-refractivity contribution < 1.29 is 4.79 Å². The van der Waals surface area contributed by atoms with Gasteiger partial charge in [0.15, 0.2) is 0 Å². The number of benzene rings is 2. The third-order valence-electron chi connectivity index (χ3n) is 3.88. The summed E-state index contributed by atoms with van der Waals surface area (Å²) in [7, 11) is 3.85. The summed E-state index contributed by atoms with van der Waals surface area (Å²) in [5.74, 6) is 1.06. The van der Waals surface area contributed by atoms with Crippen LogP contribution in [0.3, 0.4) is 0 Å². The second-order valence-electron chi connectivity index (χ2n) is 6.37. The van der Waals surface area contributed by atoms with Crippen molar-refractivity contribution in [1.29, 1.82) is 0 Å². The van der Waals surface area contributed by atoms with Crippen LogP contribution < -0.4 is 15.5 Å². The first-order valence-electron chi connectivity index (χ1n) is 8.48. The summed E-state index contributed by atoms with van der Waals surface area (Å²) in [5.41, 5.74) is 2.76. The van der Waals surface area contributed by atoms with Gasteiger partial charge in [0.1, 0.15) is 5.82 Å². The van der Waals surface area contributed by atoms with Crippen LogP contribution in [0, 0.1) is 6.92 Å². The molecule has 1 heterocycles. The smallest absolute Gasteiger partial charge is 0.255 e. The van der Waals surface area contributed by atoms with Crippen LogP contribution in [0.1, 0.15) is 16.1 Å². The maximum Gasteiger partial charge on any atom is 0.255 e. The molecule has 2 aromatic carbocycles. The SMILES string of the molecule is Cc1cc(N(C)C)nc(Nc2ccc(NC(=O)c3ccc(Cl)c(Cl)c3)cc2)n1. The zero-order valence-corrected chi connectivity index (χ0v) is 17.1. The van der Waals surface area contributed by atoms with E-state index < -0.39 is 0 Å². The fourth-order valence-electron chi connectivity index (χ4n) is 2.44. The molecular weight excluding hydrogens is 397 g/mol. The lowest BCUT2D eigenvalue weighted by Crippen LogP contribution is -2.13. The average Bonchev–Trinajstić information content (AvgIpc) is 2.65. The van der Waals surface area contributed by atoms with E-state index in [0.717, 1.165) is 17.2 Å². The molecule has 0 aliphatic heterocycles. The molecule has 8 heteroatoms. The first kappa shape index (κ1) is 19.9. The van der Waals surface area contributed by atoms with Crippen molar-refractivity contribution >= 4 is 52.3 Å². The number of hydrogen-bond acceptors (Lipinski definition) is 5. The minimum absolute atomic E-state index is 0.267. The molecule has 0 saturated carbocycles. The maximum atomic E-state index is 12.3. The molecule has 2 N–H and O–H groups in total. The Morgan fingerprint density at radius 3 is 2.25 bits per heavy atom. The number of carbonyl (C=O) groups excluding carboxylic acids is 1. The Balaban J connectivity index is 1.70. The zero-order chi connectivity index (χ0) is 20.3. The number of nitrogens with one attached hydrogen (secondary N) is 2. The van der Waals surface area contributed by atoms with Crippen LogP contribution in [0.5, 0.6) is 0 Å². The molecule has 144 valence electrons. The van der Waals surface area contributed by atoms with E-state index in [-0.39, 0.29) is 5.91 Å². The maximum absolute atomic E-state index is 12.3. The van der Waals surface area contributed by atoms with Crippen molar-refractivity contribution in [3.63, 3.8) is 0 Å². The Kier molecular flexibility index (Phi) is 6.02. The summed E-state index contributed by atoms with van der Waals surface area (Å²) in [6.07, 6.45) is 0. The Bertz CT molecular complexity index is 1010. The van der Waals surface area contributed by atoms with Crippen LogP contribution in [0.25, 0.3) is 0 Å². The number of aryl methyl sites for hydroxylation is 1. The van der Waals surface area contributed by atoms with E-state index in [4.69, 9.17) is 23.2 Å². The van der Waals surface area contributed by atoms with Gasteiger partial charge in [-0.05, 0) is 49.4 Å². The van der Waals surface area contributed by atoms with Gasteiger partial charge in [0, 0.05) is 42.8 Å². The van der Waals surface area contributed by atoms with Crippen molar-refractivity contribution in [2.45, 2.75) is 6.92 Å². The Labute approximate surface area is 173 Å². The molecule has 3 rings (SSSR count). The zero-order valence-electron chi connectivity index (χ0n) is 15.6. The molecule has 6 nitrogen and oxygen atoms in total. The molecule has 0 unspecified atom stereocenters. The summed E-state index contributed by atoms with van der Waals surface area (Å²) >= 11 is 11.8. The lowest BCUT2D eigenvalue weighted by Gasteiger charge is -2.14. The van der Waals surface area contributed by atoms with Gasteiger partial charge in [-0.2, -0.15) is 4.98 Å². The summed E-state index contributed by atoms with van der Waals surface area (Å²) in [6, 6.07) is 13.9. The highest BCUT2D eigenvalue weighted by Gasteiger charge is 2.09. The highest BCUT2D eigenvalue weighted by molar-refractivity contribution is 6.42.